The molecule has 7 heteroatoms. The van der Waals surface area contributed by atoms with Crippen LogP contribution in [0.4, 0.5) is 4.39 Å². The van der Waals surface area contributed by atoms with Crippen molar-refractivity contribution in [2.45, 2.75) is 5.16 Å². The summed E-state index contributed by atoms with van der Waals surface area (Å²) in [5.74, 6) is -1.39. The van der Waals surface area contributed by atoms with Gasteiger partial charge in [-0.15, -0.1) is 0 Å². The SMILES string of the molecule is O=C(CSc1nccc(=O)[nH]1)c1cc(F)ccc1O. The summed E-state index contributed by atoms with van der Waals surface area (Å²) in [6.07, 6.45) is 1.32. The lowest BCUT2D eigenvalue weighted by Gasteiger charge is -2.03. The number of hydrogen-bond acceptors (Lipinski definition) is 5. The van der Waals surface area contributed by atoms with E-state index < -0.39 is 11.6 Å². The van der Waals surface area contributed by atoms with Gasteiger partial charge in [-0.05, 0) is 18.2 Å². The first-order chi connectivity index (χ1) is 9.06. The van der Waals surface area contributed by atoms with E-state index in [1.54, 1.807) is 0 Å². The zero-order valence-electron chi connectivity index (χ0n) is 9.59. The van der Waals surface area contributed by atoms with E-state index in [1.807, 2.05) is 0 Å². The molecule has 0 bridgehead atoms. The van der Waals surface area contributed by atoms with Gasteiger partial charge in [0.05, 0.1) is 11.3 Å². The predicted molar refractivity (Wildman–Crippen MR) is 68.0 cm³/mol. The van der Waals surface area contributed by atoms with Crippen molar-refractivity contribution in [2.75, 3.05) is 5.75 Å². The van der Waals surface area contributed by atoms with E-state index in [1.165, 1.54) is 12.3 Å². The molecule has 19 heavy (non-hydrogen) atoms. The minimum Gasteiger partial charge on any atom is -0.507 e. The number of H-pyrrole nitrogens is 1. The summed E-state index contributed by atoms with van der Waals surface area (Å²) in [6.45, 7) is 0. The number of nitrogens with zero attached hydrogens (tertiary/aromatic N) is 1. The summed E-state index contributed by atoms with van der Waals surface area (Å²) in [5.41, 5.74) is -0.413. The van der Waals surface area contributed by atoms with Crippen LogP contribution in [0.25, 0.3) is 0 Å². The number of ketones is 1. The number of halogens is 1. The van der Waals surface area contributed by atoms with Gasteiger partial charge in [-0.2, -0.15) is 0 Å². The highest BCUT2D eigenvalue weighted by Gasteiger charge is 2.13. The maximum absolute atomic E-state index is 13.0. The molecular formula is C12H9FN2O3S. The normalized spacial score (nSPS) is 10.4. The standard InChI is InChI=1S/C12H9FN2O3S/c13-7-1-2-9(16)8(5-7)10(17)6-19-12-14-4-3-11(18)15-12/h1-5,16H,6H2,(H,14,15,18). The highest BCUT2D eigenvalue weighted by Crippen LogP contribution is 2.21. The Labute approximate surface area is 111 Å². The van der Waals surface area contributed by atoms with Gasteiger partial charge in [-0.3, -0.25) is 9.59 Å². The Balaban J connectivity index is 2.09. The van der Waals surface area contributed by atoms with Crippen molar-refractivity contribution in [2.24, 2.45) is 0 Å². The molecule has 0 amide bonds. The fourth-order valence-corrected chi connectivity index (χ4v) is 2.10. The molecule has 5 nitrogen and oxygen atoms in total. The quantitative estimate of drug-likeness (QED) is 0.505. The molecule has 0 saturated heterocycles. The number of carbonyl (C=O) groups is 1. The lowest BCUT2D eigenvalue weighted by Crippen LogP contribution is -2.08. The Morgan fingerprint density at radius 1 is 1.42 bits per heavy atom. The third-order valence-electron chi connectivity index (χ3n) is 2.25. The van der Waals surface area contributed by atoms with E-state index in [2.05, 4.69) is 9.97 Å². The van der Waals surface area contributed by atoms with Crippen LogP contribution in [0.15, 0.2) is 40.4 Å². The minimum absolute atomic E-state index is 0.0655. The van der Waals surface area contributed by atoms with Crippen molar-refractivity contribution in [3.8, 4) is 5.75 Å². The van der Waals surface area contributed by atoms with E-state index in [0.717, 1.165) is 30.0 Å². The minimum atomic E-state index is -0.600. The molecule has 98 valence electrons. The van der Waals surface area contributed by atoms with Gasteiger partial charge in [-0.1, -0.05) is 11.8 Å². The van der Waals surface area contributed by atoms with Gasteiger partial charge in [0.15, 0.2) is 10.9 Å². The number of aromatic nitrogens is 2. The highest BCUT2D eigenvalue weighted by atomic mass is 32.2. The topological polar surface area (TPSA) is 83.0 Å². The van der Waals surface area contributed by atoms with Crippen LogP contribution in [0, 0.1) is 5.82 Å². The lowest BCUT2D eigenvalue weighted by molar-refractivity contribution is 0.101. The Bertz CT molecular complexity index is 672. The predicted octanol–water partition coefficient (Wildman–Crippen LogP) is 1.59. The average Bonchev–Trinajstić information content (AvgIpc) is 2.39. The van der Waals surface area contributed by atoms with Gasteiger partial charge in [0.25, 0.3) is 5.56 Å². The van der Waals surface area contributed by atoms with Gasteiger partial charge >= 0.3 is 0 Å². The number of rotatable bonds is 4. The van der Waals surface area contributed by atoms with E-state index in [9.17, 15) is 19.1 Å². The van der Waals surface area contributed by atoms with Crippen molar-refractivity contribution in [3.05, 3.63) is 52.2 Å². The number of hydrogen-bond donors (Lipinski definition) is 2. The highest BCUT2D eigenvalue weighted by molar-refractivity contribution is 7.99. The Hall–Kier alpha value is -2.15. The fourth-order valence-electron chi connectivity index (χ4n) is 1.37. The number of phenolic OH excluding ortho intramolecular Hbond substituents is 1. The second kappa shape index (κ2) is 5.66. The van der Waals surface area contributed by atoms with E-state index in [4.69, 9.17) is 0 Å². The van der Waals surface area contributed by atoms with Crippen LogP contribution in [-0.4, -0.2) is 26.6 Å². The summed E-state index contributed by atoms with van der Waals surface area (Å²) in [6, 6.07) is 4.41. The first kappa shape index (κ1) is 13.3. The van der Waals surface area contributed by atoms with Crippen molar-refractivity contribution in [3.63, 3.8) is 0 Å². The molecule has 0 aliphatic heterocycles. The third-order valence-corrected chi connectivity index (χ3v) is 3.13. The number of phenols is 1. The smallest absolute Gasteiger partial charge is 0.251 e. The Morgan fingerprint density at radius 2 is 2.21 bits per heavy atom. The second-order valence-corrected chi connectivity index (χ2v) is 4.58. The number of thioether (sulfide) groups is 1. The van der Waals surface area contributed by atoms with E-state index in [0.29, 0.717) is 0 Å². The number of nitrogens with one attached hydrogen (secondary N) is 1. The van der Waals surface area contributed by atoms with E-state index in [-0.39, 0.29) is 27.8 Å². The molecule has 0 radical (unpaired) electrons. The molecule has 0 aliphatic carbocycles. The molecule has 2 aromatic rings. The first-order valence-electron chi connectivity index (χ1n) is 5.26. The molecule has 0 saturated carbocycles. The van der Waals surface area contributed by atoms with Crippen LogP contribution in [-0.2, 0) is 0 Å². The largest absolute Gasteiger partial charge is 0.507 e. The van der Waals surface area contributed by atoms with Gasteiger partial charge in [-0.25, -0.2) is 9.37 Å². The molecule has 1 aromatic carbocycles. The lowest BCUT2D eigenvalue weighted by atomic mass is 10.1. The molecule has 1 aromatic heterocycles. The van der Waals surface area contributed by atoms with Crippen molar-refractivity contribution >= 4 is 17.5 Å². The van der Waals surface area contributed by atoms with Crippen molar-refractivity contribution < 1.29 is 14.3 Å². The zero-order valence-corrected chi connectivity index (χ0v) is 10.4. The number of aromatic hydroxyl groups is 1. The maximum atomic E-state index is 13.0. The van der Waals surface area contributed by atoms with Gasteiger partial charge in [0.2, 0.25) is 0 Å². The molecule has 0 unspecified atom stereocenters. The molecular weight excluding hydrogens is 271 g/mol. The number of Topliss-reactive ketones (excluding diaryl/α,β-unsaturated/α-hetero) is 1. The zero-order chi connectivity index (χ0) is 13.8. The molecule has 2 N–H and O–H groups in total. The van der Waals surface area contributed by atoms with Crippen LogP contribution in [0.2, 0.25) is 0 Å². The Kier molecular flexibility index (Phi) is 3.96. The Morgan fingerprint density at radius 3 is 2.95 bits per heavy atom. The van der Waals surface area contributed by atoms with Crippen molar-refractivity contribution in [1.29, 1.82) is 0 Å². The first-order valence-corrected chi connectivity index (χ1v) is 6.24. The van der Waals surface area contributed by atoms with Crippen LogP contribution >= 0.6 is 11.8 Å². The molecule has 0 aliphatic rings. The van der Waals surface area contributed by atoms with Gasteiger partial charge in [0.1, 0.15) is 11.6 Å². The maximum Gasteiger partial charge on any atom is 0.251 e. The summed E-state index contributed by atoms with van der Waals surface area (Å²) in [5, 5.41) is 9.77. The number of carbonyl (C=O) groups excluding carboxylic acids is 1. The van der Waals surface area contributed by atoms with Crippen LogP contribution in [0.3, 0.4) is 0 Å². The summed E-state index contributed by atoms with van der Waals surface area (Å²) in [4.78, 5) is 29.1. The molecule has 0 atom stereocenters. The fraction of sp³-hybridized carbons (Fsp3) is 0.0833. The number of aromatic amines is 1. The van der Waals surface area contributed by atoms with Crippen LogP contribution in [0.5, 0.6) is 5.75 Å². The van der Waals surface area contributed by atoms with Crippen LogP contribution in [0.1, 0.15) is 10.4 Å². The molecule has 0 fully saturated rings. The second-order valence-electron chi connectivity index (χ2n) is 3.61. The third kappa shape index (κ3) is 3.41. The molecule has 2 rings (SSSR count). The van der Waals surface area contributed by atoms with Crippen LogP contribution < -0.4 is 5.56 Å². The number of benzene rings is 1. The van der Waals surface area contributed by atoms with Crippen molar-refractivity contribution in [1.82, 2.24) is 9.97 Å². The summed E-state index contributed by atoms with van der Waals surface area (Å²) in [7, 11) is 0. The monoisotopic (exact) mass is 280 g/mol. The summed E-state index contributed by atoms with van der Waals surface area (Å²) >= 11 is 1.00. The van der Waals surface area contributed by atoms with E-state index >= 15 is 0 Å². The molecule has 1 heterocycles. The summed E-state index contributed by atoms with van der Waals surface area (Å²) < 4.78 is 13.0. The van der Waals surface area contributed by atoms with Gasteiger partial charge < -0.3 is 10.1 Å². The average molecular weight is 280 g/mol. The molecule has 0 spiro atoms. The van der Waals surface area contributed by atoms with Gasteiger partial charge in [0, 0.05) is 12.3 Å².